The van der Waals surface area contributed by atoms with E-state index in [-0.39, 0.29) is 6.10 Å². The summed E-state index contributed by atoms with van der Waals surface area (Å²) in [5.41, 5.74) is 1.27. The number of aryl methyl sites for hydroxylation is 1. The molecule has 1 aromatic heterocycles. The van der Waals surface area contributed by atoms with Crippen LogP contribution in [0.25, 0.3) is 11.0 Å². The molecular weight excluding hydrogens is 321 g/mol. The van der Waals surface area contributed by atoms with Gasteiger partial charge in [-0.1, -0.05) is 0 Å². The second-order valence-electron chi connectivity index (χ2n) is 6.11. The van der Waals surface area contributed by atoms with Crippen molar-refractivity contribution in [2.24, 2.45) is 0 Å². The van der Waals surface area contributed by atoms with Gasteiger partial charge in [-0.05, 0) is 25.5 Å². The molecule has 1 fully saturated rings. The predicted octanol–water partition coefficient (Wildman–Crippen LogP) is 3.73. The van der Waals surface area contributed by atoms with Crippen LogP contribution in [0.1, 0.15) is 31.2 Å². The lowest BCUT2D eigenvalue weighted by Crippen LogP contribution is -2.40. The number of nitrogens with one attached hydrogen (secondary N) is 2. The Morgan fingerprint density at radius 3 is 2.58 bits per heavy atom. The summed E-state index contributed by atoms with van der Waals surface area (Å²) < 4.78 is 44.3. The fourth-order valence-corrected chi connectivity index (χ4v) is 2.96. The van der Waals surface area contributed by atoms with E-state index in [1.165, 1.54) is 0 Å². The number of hydrogen-bond acceptors (Lipinski definition) is 3. The number of imidazole rings is 1. The molecule has 2 aromatic rings. The zero-order valence-electron chi connectivity index (χ0n) is 13.5. The number of amidine groups is 1. The molecular formula is C16H19F3N4O. The largest absolute Gasteiger partial charge is 0.490 e. The molecule has 5 nitrogen and oxygen atoms in total. The number of hydrogen-bond donors (Lipinski definition) is 2. The summed E-state index contributed by atoms with van der Waals surface area (Å²) >= 11 is 0. The summed E-state index contributed by atoms with van der Waals surface area (Å²) in [6, 6.07) is 3.29. The Hall–Kier alpha value is -2.25. The molecule has 0 unspecified atom stereocenters. The Bertz CT molecular complexity index is 761. The number of nitrogens with zero attached hydrogens (tertiary/aromatic N) is 2. The Morgan fingerprint density at radius 1 is 1.33 bits per heavy atom. The maximum absolute atomic E-state index is 12.8. The van der Waals surface area contributed by atoms with Crippen molar-refractivity contribution >= 4 is 16.9 Å². The SMILES string of the molecule is CC(=N)N1CCC(Oc2cc(C)c3nc(C(F)(F)F)[nH]c3c2)CC1. The van der Waals surface area contributed by atoms with E-state index in [0.717, 1.165) is 25.9 Å². The molecule has 0 spiro atoms. The number of likely N-dealkylation sites (tertiary alicyclic amines) is 1. The van der Waals surface area contributed by atoms with Crippen LogP contribution in [0.4, 0.5) is 13.2 Å². The van der Waals surface area contributed by atoms with Crippen LogP contribution in [-0.4, -0.2) is 39.9 Å². The standard InChI is InChI=1S/C16H19F3N4O/c1-9-7-12(24-11-3-5-23(6-4-11)10(2)20)8-13-14(9)22-15(21-13)16(17,18)19/h7-8,11,20H,3-6H2,1-2H3,(H,21,22). The van der Waals surface area contributed by atoms with Gasteiger partial charge in [-0.15, -0.1) is 0 Å². The molecule has 0 atom stereocenters. The van der Waals surface area contributed by atoms with Crippen molar-refractivity contribution in [1.29, 1.82) is 5.41 Å². The normalized spacial score (nSPS) is 16.6. The number of halogens is 3. The molecule has 1 saturated heterocycles. The number of fused-ring (bicyclic) bond motifs is 1. The van der Waals surface area contributed by atoms with Gasteiger partial charge < -0.3 is 14.6 Å². The van der Waals surface area contributed by atoms with E-state index in [4.69, 9.17) is 10.1 Å². The Balaban J connectivity index is 1.77. The molecule has 1 aliphatic heterocycles. The minimum absolute atomic E-state index is 0.00228. The van der Waals surface area contributed by atoms with E-state index in [1.807, 2.05) is 4.90 Å². The van der Waals surface area contributed by atoms with Crippen LogP contribution in [0.3, 0.4) is 0 Å². The van der Waals surface area contributed by atoms with Gasteiger partial charge in [-0.25, -0.2) is 4.98 Å². The fourth-order valence-electron chi connectivity index (χ4n) is 2.96. The number of ether oxygens (including phenoxy) is 1. The van der Waals surface area contributed by atoms with Crippen molar-refractivity contribution in [3.8, 4) is 5.75 Å². The van der Waals surface area contributed by atoms with Crippen molar-refractivity contribution in [3.63, 3.8) is 0 Å². The average molecular weight is 340 g/mol. The lowest BCUT2D eigenvalue weighted by atomic mass is 10.1. The van der Waals surface area contributed by atoms with Crippen LogP contribution >= 0.6 is 0 Å². The summed E-state index contributed by atoms with van der Waals surface area (Å²) in [5, 5.41) is 7.63. The van der Waals surface area contributed by atoms with Crippen LogP contribution in [0.15, 0.2) is 12.1 Å². The predicted molar refractivity (Wildman–Crippen MR) is 84.5 cm³/mol. The van der Waals surface area contributed by atoms with Gasteiger partial charge in [0.25, 0.3) is 0 Å². The highest BCUT2D eigenvalue weighted by molar-refractivity contribution is 5.80. The van der Waals surface area contributed by atoms with E-state index < -0.39 is 12.0 Å². The van der Waals surface area contributed by atoms with Gasteiger partial charge in [0.2, 0.25) is 5.82 Å². The summed E-state index contributed by atoms with van der Waals surface area (Å²) in [7, 11) is 0. The molecule has 2 heterocycles. The zero-order chi connectivity index (χ0) is 17.5. The molecule has 1 aromatic carbocycles. The number of H-pyrrole nitrogens is 1. The maximum atomic E-state index is 12.8. The summed E-state index contributed by atoms with van der Waals surface area (Å²) in [5.74, 6) is 0.0952. The van der Waals surface area contributed by atoms with Gasteiger partial charge in [-0.3, -0.25) is 5.41 Å². The van der Waals surface area contributed by atoms with E-state index in [9.17, 15) is 13.2 Å². The second kappa shape index (κ2) is 5.99. The van der Waals surface area contributed by atoms with Crippen molar-refractivity contribution in [2.75, 3.05) is 13.1 Å². The third kappa shape index (κ3) is 3.32. The van der Waals surface area contributed by atoms with Gasteiger partial charge in [0.1, 0.15) is 11.9 Å². The van der Waals surface area contributed by atoms with Crippen molar-refractivity contribution in [3.05, 3.63) is 23.5 Å². The highest BCUT2D eigenvalue weighted by atomic mass is 19.4. The van der Waals surface area contributed by atoms with E-state index in [2.05, 4.69) is 9.97 Å². The molecule has 2 N–H and O–H groups in total. The molecule has 0 radical (unpaired) electrons. The van der Waals surface area contributed by atoms with Gasteiger partial charge in [0, 0.05) is 32.0 Å². The molecule has 24 heavy (non-hydrogen) atoms. The molecule has 0 aliphatic carbocycles. The first kappa shape index (κ1) is 16.6. The maximum Gasteiger partial charge on any atom is 0.449 e. The summed E-state index contributed by atoms with van der Waals surface area (Å²) in [4.78, 5) is 7.94. The number of aromatic amines is 1. The molecule has 0 saturated carbocycles. The lowest BCUT2D eigenvalue weighted by Gasteiger charge is -2.32. The molecule has 0 amide bonds. The van der Waals surface area contributed by atoms with Crippen LogP contribution in [0.2, 0.25) is 0 Å². The third-order valence-corrected chi connectivity index (χ3v) is 4.24. The molecule has 3 rings (SSSR count). The van der Waals surface area contributed by atoms with Crippen LogP contribution in [-0.2, 0) is 6.18 Å². The number of alkyl halides is 3. The average Bonchev–Trinajstić information content (AvgIpc) is 2.92. The zero-order valence-corrected chi connectivity index (χ0v) is 13.5. The second-order valence-corrected chi connectivity index (χ2v) is 6.11. The van der Waals surface area contributed by atoms with Crippen LogP contribution in [0.5, 0.6) is 5.75 Å². The first-order valence-corrected chi connectivity index (χ1v) is 7.78. The fraction of sp³-hybridized carbons (Fsp3) is 0.500. The van der Waals surface area contributed by atoms with E-state index in [1.54, 1.807) is 26.0 Å². The quantitative estimate of drug-likeness (QED) is 0.647. The third-order valence-electron chi connectivity index (χ3n) is 4.24. The summed E-state index contributed by atoms with van der Waals surface area (Å²) in [6.07, 6.45) is -2.93. The van der Waals surface area contributed by atoms with Crippen LogP contribution in [0, 0.1) is 12.3 Å². The van der Waals surface area contributed by atoms with Crippen LogP contribution < -0.4 is 4.74 Å². The highest BCUT2D eigenvalue weighted by Crippen LogP contribution is 2.31. The smallest absolute Gasteiger partial charge is 0.449 e. The van der Waals surface area contributed by atoms with Gasteiger partial charge >= 0.3 is 6.18 Å². The van der Waals surface area contributed by atoms with Crippen molar-refractivity contribution in [1.82, 2.24) is 14.9 Å². The summed E-state index contributed by atoms with van der Waals surface area (Å²) in [6.45, 7) is 4.99. The molecule has 8 heteroatoms. The Labute approximate surface area is 137 Å². The van der Waals surface area contributed by atoms with Gasteiger partial charge in [-0.2, -0.15) is 13.2 Å². The van der Waals surface area contributed by atoms with E-state index in [0.29, 0.717) is 28.2 Å². The van der Waals surface area contributed by atoms with Crippen molar-refractivity contribution in [2.45, 2.75) is 39.0 Å². The number of benzene rings is 1. The Kier molecular flexibility index (Phi) is 4.15. The lowest BCUT2D eigenvalue weighted by molar-refractivity contribution is -0.144. The van der Waals surface area contributed by atoms with E-state index >= 15 is 0 Å². The monoisotopic (exact) mass is 340 g/mol. The molecule has 0 bridgehead atoms. The minimum Gasteiger partial charge on any atom is -0.490 e. The minimum atomic E-state index is -4.50. The first-order valence-electron chi connectivity index (χ1n) is 7.78. The molecule has 130 valence electrons. The Morgan fingerprint density at radius 2 is 2.00 bits per heavy atom. The van der Waals surface area contributed by atoms with Crippen molar-refractivity contribution < 1.29 is 17.9 Å². The molecule has 1 aliphatic rings. The van der Waals surface area contributed by atoms with Gasteiger partial charge in [0.05, 0.1) is 16.9 Å². The number of aromatic nitrogens is 2. The highest BCUT2D eigenvalue weighted by Gasteiger charge is 2.35. The number of rotatable bonds is 2. The topological polar surface area (TPSA) is 65.0 Å². The first-order chi connectivity index (χ1) is 11.2. The van der Waals surface area contributed by atoms with Gasteiger partial charge in [0.15, 0.2) is 0 Å². The number of piperidine rings is 1.